The molecule has 1 heterocycles. The number of hydrogen-bond donors (Lipinski definition) is 1. The van der Waals surface area contributed by atoms with Crippen LogP contribution in [0.2, 0.25) is 0 Å². The molecule has 0 saturated carbocycles. The molecule has 1 N–H and O–H groups in total. The van der Waals surface area contributed by atoms with Gasteiger partial charge in [-0.15, -0.1) is 0 Å². The van der Waals surface area contributed by atoms with Crippen molar-refractivity contribution in [2.24, 2.45) is 0 Å². The van der Waals surface area contributed by atoms with E-state index in [9.17, 15) is 14.7 Å². The molecule has 0 fully saturated rings. The van der Waals surface area contributed by atoms with Gasteiger partial charge in [-0.1, -0.05) is 11.6 Å². The van der Waals surface area contributed by atoms with Crippen molar-refractivity contribution in [2.75, 3.05) is 0 Å². The quantitative estimate of drug-likeness (QED) is 0.870. The van der Waals surface area contributed by atoms with Crippen molar-refractivity contribution < 1.29 is 14.7 Å². The van der Waals surface area contributed by atoms with Crippen LogP contribution in [0.15, 0.2) is 30.5 Å². The maximum absolute atomic E-state index is 12.4. The van der Waals surface area contributed by atoms with E-state index in [2.05, 4.69) is 4.98 Å². The molecule has 4 heteroatoms. The molecule has 20 heavy (non-hydrogen) atoms. The van der Waals surface area contributed by atoms with Crippen LogP contribution >= 0.6 is 0 Å². The summed E-state index contributed by atoms with van der Waals surface area (Å²) in [5.41, 5.74) is 2.38. The Bertz CT molecular complexity index is 705. The summed E-state index contributed by atoms with van der Waals surface area (Å²) in [4.78, 5) is 28.0. The smallest absolute Gasteiger partial charge is 0.198 e. The molecule has 0 aliphatic rings. The highest BCUT2D eigenvalue weighted by Crippen LogP contribution is 2.22. The molecule has 4 nitrogen and oxygen atoms in total. The second-order valence-electron chi connectivity index (χ2n) is 4.76. The van der Waals surface area contributed by atoms with Crippen LogP contribution in [0.5, 0.6) is 5.75 Å². The molecule has 0 unspecified atom stereocenters. The van der Waals surface area contributed by atoms with E-state index in [0.29, 0.717) is 16.8 Å². The molecular weight excluding hydrogens is 254 g/mol. The van der Waals surface area contributed by atoms with Crippen LogP contribution in [0.25, 0.3) is 0 Å². The molecular formula is C16H15NO3. The van der Waals surface area contributed by atoms with E-state index in [4.69, 9.17) is 0 Å². The summed E-state index contributed by atoms with van der Waals surface area (Å²) in [6, 6.07) is 6.34. The van der Waals surface area contributed by atoms with Gasteiger partial charge in [0.15, 0.2) is 11.6 Å². The molecule has 0 atom stereocenters. The number of pyridine rings is 1. The first-order valence-corrected chi connectivity index (χ1v) is 6.22. The topological polar surface area (TPSA) is 67.3 Å². The predicted molar refractivity (Wildman–Crippen MR) is 75.3 cm³/mol. The number of carbonyl (C=O) groups is 2. The third-order valence-electron chi connectivity index (χ3n) is 3.13. The van der Waals surface area contributed by atoms with Crippen molar-refractivity contribution in [2.45, 2.75) is 20.8 Å². The fourth-order valence-corrected chi connectivity index (χ4v) is 2.00. The highest BCUT2D eigenvalue weighted by Gasteiger charge is 2.16. The predicted octanol–water partition coefficient (Wildman–Crippen LogP) is 2.84. The molecule has 1 aromatic carbocycles. The molecule has 0 bridgehead atoms. The number of nitrogens with zero attached hydrogens (tertiary/aromatic N) is 1. The van der Waals surface area contributed by atoms with Crippen molar-refractivity contribution in [3.8, 4) is 5.75 Å². The van der Waals surface area contributed by atoms with E-state index < -0.39 is 0 Å². The molecule has 0 aliphatic heterocycles. The zero-order valence-electron chi connectivity index (χ0n) is 11.6. The van der Waals surface area contributed by atoms with E-state index in [1.54, 1.807) is 19.1 Å². The summed E-state index contributed by atoms with van der Waals surface area (Å²) in [5.74, 6) is -0.565. The minimum absolute atomic E-state index is 0.0782. The first-order chi connectivity index (χ1) is 9.40. The number of benzene rings is 1. The van der Waals surface area contributed by atoms with Crippen LogP contribution in [0.4, 0.5) is 0 Å². The number of hydrogen-bond acceptors (Lipinski definition) is 4. The van der Waals surface area contributed by atoms with Gasteiger partial charge in [-0.3, -0.25) is 14.6 Å². The Balaban J connectivity index is 2.51. The number of Topliss-reactive ketones (excluding diaryl/α,β-unsaturated/α-hetero) is 1. The highest BCUT2D eigenvalue weighted by molar-refractivity contribution is 6.11. The van der Waals surface area contributed by atoms with Gasteiger partial charge in [-0.25, -0.2) is 0 Å². The highest BCUT2D eigenvalue weighted by atomic mass is 16.3. The Morgan fingerprint density at radius 1 is 1.10 bits per heavy atom. The van der Waals surface area contributed by atoms with Gasteiger partial charge in [0, 0.05) is 23.0 Å². The fraction of sp³-hybridized carbons (Fsp3) is 0.188. The van der Waals surface area contributed by atoms with E-state index in [-0.39, 0.29) is 22.9 Å². The summed E-state index contributed by atoms with van der Waals surface area (Å²) in [6.07, 6.45) is 1.42. The maximum atomic E-state index is 12.4. The Hall–Kier alpha value is -2.49. The van der Waals surface area contributed by atoms with Crippen LogP contribution in [0.3, 0.4) is 0 Å². The van der Waals surface area contributed by atoms with Gasteiger partial charge in [0.25, 0.3) is 0 Å². The number of aryl methyl sites for hydroxylation is 2. The lowest BCUT2D eigenvalue weighted by Gasteiger charge is -2.07. The summed E-state index contributed by atoms with van der Waals surface area (Å²) < 4.78 is 0. The lowest BCUT2D eigenvalue weighted by Crippen LogP contribution is -2.07. The van der Waals surface area contributed by atoms with E-state index in [1.165, 1.54) is 25.3 Å². The Morgan fingerprint density at radius 2 is 1.80 bits per heavy atom. The average molecular weight is 269 g/mol. The minimum atomic E-state index is -0.346. The first-order valence-electron chi connectivity index (χ1n) is 6.22. The van der Waals surface area contributed by atoms with Crippen LogP contribution in [0, 0.1) is 13.8 Å². The molecule has 0 saturated heterocycles. The summed E-state index contributed by atoms with van der Waals surface area (Å²) >= 11 is 0. The molecule has 2 aromatic rings. The Morgan fingerprint density at radius 3 is 2.45 bits per heavy atom. The Labute approximate surface area is 117 Å². The number of phenolic OH excluding ortho intramolecular Hbond substituents is 1. The summed E-state index contributed by atoms with van der Waals surface area (Å²) in [6.45, 7) is 4.99. The largest absolute Gasteiger partial charge is 0.507 e. The summed E-state index contributed by atoms with van der Waals surface area (Å²) in [7, 11) is 0. The van der Waals surface area contributed by atoms with Gasteiger partial charge in [-0.2, -0.15) is 0 Å². The van der Waals surface area contributed by atoms with Crippen LogP contribution in [0.1, 0.15) is 44.5 Å². The van der Waals surface area contributed by atoms with Gasteiger partial charge >= 0.3 is 0 Å². The Kier molecular flexibility index (Phi) is 3.66. The molecule has 2 rings (SSSR count). The van der Waals surface area contributed by atoms with Crippen molar-refractivity contribution >= 4 is 11.6 Å². The zero-order valence-corrected chi connectivity index (χ0v) is 11.6. The molecule has 0 spiro atoms. The van der Waals surface area contributed by atoms with E-state index in [1.807, 2.05) is 6.92 Å². The lowest BCUT2D eigenvalue weighted by molar-refractivity contribution is 0.101. The normalized spacial score (nSPS) is 10.3. The number of aromatic nitrogens is 1. The van der Waals surface area contributed by atoms with Crippen molar-refractivity contribution in [1.82, 2.24) is 4.98 Å². The average Bonchev–Trinajstić information content (AvgIpc) is 2.41. The lowest BCUT2D eigenvalue weighted by atomic mass is 9.99. The standard InChI is InChI=1S/C16H15NO3/c1-9-4-5-15(19)14(6-9)16(20)12-7-13(11(3)18)10(2)17-8-12/h4-8,19H,1-3H3. The van der Waals surface area contributed by atoms with Crippen LogP contribution < -0.4 is 0 Å². The second kappa shape index (κ2) is 5.25. The van der Waals surface area contributed by atoms with Crippen LogP contribution in [-0.2, 0) is 0 Å². The molecule has 102 valence electrons. The number of rotatable bonds is 3. The number of phenols is 1. The number of carbonyl (C=O) groups excluding carboxylic acids is 2. The van der Waals surface area contributed by atoms with Gasteiger partial charge < -0.3 is 5.11 Å². The van der Waals surface area contributed by atoms with Crippen molar-refractivity contribution in [3.63, 3.8) is 0 Å². The van der Waals surface area contributed by atoms with Gasteiger partial charge in [-0.05, 0) is 39.0 Å². The first kappa shape index (κ1) is 13.9. The van der Waals surface area contributed by atoms with E-state index >= 15 is 0 Å². The number of ketones is 2. The third-order valence-corrected chi connectivity index (χ3v) is 3.13. The third kappa shape index (κ3) is 2.59. The zero-order chi connectivity index (χ0) is 14.9. The number of aromatic hydroxyl groups is 1. The second-order valence-corrected chi connectivity index (χ2v) is 4.76. The molecule has 0 radical (unpaired) electrons. The maximum Gasteiger partial charge on any atom is 0.198 e. The monoisotopic (exact) mass is 269 g/mol. The van der Waals surface area contributed by atoms with Gasteiger partial charge in [0.1, 0.15) is 5.75 Å². The van der Waals surface area contributed by atoms with Crippen LogP contribution in [-0.4, -0.2) is 21.7 Å². The molecule has 0 aliphatic carbocycles. The van der Waals surface area contributed by atoms with Gasteiger partial charge in [0.05, 0.1) is 5.56 Å². The summed E-state index contributed by atoms with van der Waals surface area (Å²) in [5, 5.41) is 9.79. The SMILES string of the molecule is CC(=O)c1cc(C(=O)c2cc(C)ccc2O)cnc1C. The van der Waals surface area contributed by atoms with E-state index in [0.717, 1.165) is 5.56 Å². The molecule has 1 aromatic heterocycles. The van der Waals surface area contributed by atoms with Gasteiger partial charge in [0.2, 0.25) is 0 Å². The van der Waals surface area contributed by atoms with Crippen molar-refractivity contribution in [3.05, 3.63) is 58.4 Å². The van der Waals surface area contributed by atoms with Crippen molar-refractivity contribution in [1.29, 1.82) is 0 Å². The molecule has 0 amide bonds. The fourth-order valence-electron chi connectivity index (χ4n) is 2.00. The minimum Gasteiger partial charge on any atom is -0.507 e.